The highest BCUT2D eigenvalue weighted by atomic mass is 16.5. The Balaban J connectivity index is 1.97. The summed E-state index contributed by atoms with van der Waals surface area (Å²) in [6, 6.07) is 12.3. The van der Waals surface area contributed by atoms with E-state index in [0.29, 0.717) is 5.75 Å². The SMILES string of the molecule is COc1cccc(CN2C(C)c3cc(OC)c(O)cc3CC2(C)C)c1. The van der Waals surface area contributed by atoms with Gasteiger partial charge in [0.2, 0.25) is 0 Å². The fourth-order valence-corrected chi connectivity index (χ4v) is 3.91. The standard InChI is InChI=1S/C21H27NO3/c1-14-18-11-20(25-5)19(23)10-16(18)12-21(2,3)22(14)13-15-7-6-8-17(9-15)24-4/h6-11,14,23H,12-13H2,1-5H3. The van der Waals surface area contributed by atoms with Crippen molar-refractivity contribution in [3.63, 3.8) is 0 Å². The monoisotopic (exact) mass is 341 g/mol. The molecule has 2 aromatic carbocycles. The second-order valence-corrected chi connectivity index (χ2v) is 7.37. The van der Waals surface area contributed by atoms with Gasteiger partial charge in [-0.3, -0.25) is 4.90 Å². The summed E-state index contributed by atoms with van der Waals surface area (Å²) in [5.74, 6) is 1.63. The number of ether oxygens (including phenoxy) is 2. The van der Waals surface area contributed by atoms with Gasteiger partial charge in [-0.05, 0) is 68.1 Å². The van der Waals surface area contributed by atoms with E-state index < -0.39 is 0 Å². The van der Waals surface area contributed by atoms with Gasteiger partial charge < -0.3 is 14.6 Å². The predicted molar refractivity (Wildman–Crippen MR) is 99.4 cm³/mol. The third-order valence-electron chi connectivity index (χ3n) is 5.25. The Morgan fingerprint density at radius 1 is 1.16 bits per heavy atom. The van der Waals surface area contributed by atoms with E-state index in [1.165, 1.54) is 16.7 Å². The number of fused-ring (bicyclic) bond motifs is 1. The van der Waals surface area contributed by atoms with Gasteiger partial charge in [-0.25, -0.2) is 0 Å². The van der Waals surface area contributed by atoms with Crippen LogP contribution in [0.5, 0.6) is 17.2 Å². The third kappa shape index (κ3) is 3.31. The van der Waals surface area contributed by atoms with Gasteiger partial charge in [0.05, 0.1) is 14.2 Å². The maximum absolute atomic E-state index is 10.1. The first kappa shape index (κ1) is 17.6. The Labute approximate surface area is 150 Å². The Hall–Kier alpha value is -2.20. The van der Waals surface area contributed by atoms with Gasteiger partial charge in [0, 0.05) is 18.1 Å². The summed E-state index contributed by atoms with van der Waals surface area (Å²) in [4.78, 5) is 2.50. The number of rotatable bonds is 4. The van der Waals surface area contributed by atoms with Crippen LogP contribution in [0, 0.1) is 0 Å². The van der Waals surface area contributed by atoms with Crippen LogP contribution in [0.1, 0.15) is 43.5 Å². The van der Waals surface area contributed by atoms with Crippen molar-refractivity contribution in [2.75, 3.05) is 14.2 Å². The molecule has 0 fully saturated rings. The Morgan fingerprint density at radius 3 is 2.60 bits per heavy atom. The van der Waals surface area contributed by atoms with Crippen molar-refractivity contribution in [1.29, 1.82) is 0 Å². The van der Waals surface area contributed by atoms with Gasteiger partial charge in [-0.1, -0.05) is 12.1 Å². The lowest BCUT2D eigenvalue weighted by Crippen LogP contribution is -2.49. The van der Waals surface area contributed by atoms with Gasteiger partial charge in [0.15, 0.2) is 11.5 Å². The molecule has 0 bridgehead atoms. The van der Waals surface area contributed by atoms with Crippen LogP contribution in [0.3, 0.4) is 0 Å². The molecular formula is C21H27NO3. The average Bonchev–Trinajstić information content (AvgIpc) is 2.58. The summed E-state index contributed by atoms with van der Waals surface area (Å²) in [5, 5.41) is 10.1. The first-order valence-corrected chi connectivity index (χ1v) is 8.65. The zero-order valence-electron chi connectivity index (χ0n) is 15.7. The second-order valence-electron chi connectivity index (χ2n) is 7.37. The number of benzene rings is 2. The fraction of sp³-hybridized carbons (Fsp3) is 0.429. The zero-order valence-corrected chi connectivity index (χ0v) is 15.7. The minimum absolute atomic E-state index is 0.0173. The quantitative estimate of drug-likeness (QED) is 0.900. The van der Waals surface area contributed by atoms with Crippen molar-refractivity contribution >= 4 is 0 Å². The highest BCUT2D eigenvalue weighted by molar-refractivity contribution is 5.49. The van der Waals surface area contributed by atoms with E-state index in [-0.39, 0.29) is 17.3 Å². The van der Waals surface area contributed by atoms with E-state index in [9.17, 15) is 5.11 Å². The van der Waals surface area contributed by atoms with Gasteiger partial charge in [0.25, 0.3) is 0 Å². The van der Waals surface area contributed by atoms with E-state index in [2.05, 4.69) is 37.8 Å². The van der Waals surface area contributed by atoms with E-state index in [4.69, 9.17) is 9.47 Å². The maximum Gasteiger partial charge on any atom is 0.160 e. The van der Waals surface area contributed by atoms with Crippen LogP contribution >= 0.6 is 0 Å². The Morgan fingerprint density at radius 2 is 1.92 bits per heavy atom. The first-order valence-electron chi connectivity index (χ1n) is 8.65. The van der Waals surface area contributed by atoms with E-state index in [1.54, 1.807) is 14.2 Å². The van der Waals surface area contributed by atoms with Crippen molar-refractivity contribution < 1.29 is 14.6 Å². The number of phenolic OH excluding ortho intramolecular Hbond substituents is 1. The molecule has 0 aromatic heterocycles. The molecule has 25 heavy (non-hydrogen) atoms. The zero-order chi connectivity index (χ0) is 18.2. The Bertz CT molecular complexity index is 770. The van der Waals surface area contributed by atoms with E-state index in [1.807, 2.05) is 24.3 Å². The molecule has 0 aliphatic carbocycles. The molecule has 0 amide bonds. The highest BCUT2D eigenvalue weighted by Gasteiger charge is 2.38. The molecule has 2 aromatic rings. The van der Waals surface area contributed by atoms with Crippen molar-refractivity contribution in [3.8, 4) is 17.2 Å². The molecule has 0 spiro atoms. The van der Waals surface area contributed by atoms with E-state index in [0.717, 1.165) is 18.7 Å². The third-order valence-corrected chi connectivity index (χ3v) is 5.25. The van der Waals surface area contributed by atoms with Crippen LogP contribution in [0.4, 0.5) is 0 Å². The summed E-state index contributed by atoms with van der Waals surface area (Å²) >= 11 is 0. The summed E-state index contributed by atoms with van der Waals surface area (Å²) in [5.41, 5.74) is 3.62. The number of phenols is 1. The van der Waals surface area contributed by atoms with Crippen LogP contribution in [0.2, 0.25) is 0 Å². The summed E-state index contributed by atoms with van der Waals surface area (Å²) in [7, 11) is 3.29. The van der Waals surface area contributed by atoms with E-state index >= 15 is 0 Å². The molecule has 1 aliphatic rings. The van der Waals surface area contributed by atoms with Crippen LogP contribution in [0.25, 0.3) is 0 Å². The molecule has 4 nitrogen and oxygen atoms in total. The molecular weight excluding hydrogens is 314 g/mol. The number of nitrogens with zero attached hydrogens (tertiary/aromatic N) is 1. The molecule has 0 saturated carbocycles. The maximum atomic E-state index is 10.1. The van der Waals surface area contributed by atoms with Gasteiger partial charge >= 0.3 is 0 Å². The number of hydrogen-bond donors (Lipinski definition) is 1. The van der Waals surface area contributed by atoms with Crippen LogP contribution in [-0.2, 0) is 13.0 Å². The normalized spacial score (nSPS) is 19.3. The van der Waals surface area contributed by atoms with Crippen molar-refractivity contribution in [1.82, 2.24) is 4.90 Å². The van der Waals surface area contributed by atoms with Crippen LogP contribution < -0.4 is 9.47 Å². The van der Waals surface area contributed by atoms with Gasteiger partial charge in [-0.2, -0.15) is 0 Å². The highest BCUT2D eigenvalue weighted by Crippen LogP contribution is 2.43. The summed E-state index contributed by atoms with van der Waals surface area (Å²) in [6.45, 7) is 7.58. The first-order chi connectivity index (χ1) is 11.9. The molecule has 134 valence electrons. The summed E-state index contributed by atoms with van der Waals surface area (Å²) < 4.78 is 10.7. The van der Waals surface area contributed by atoms with Gasteiger partial charge in [0.1, 0.15) is 5.75 Å². The smallest absolute Gasteiger partial charge is 0.160 e. The lowest BCUT2D eigenvalue weighted by atomic mass is 9.81. The lowest BCUT2D eigenvalue weighted by Gasteiger charge is -2.48. The number of aromatic hydroxyl groups is 1. The molecule has 1 aliphatic heterocycles. The molecule has 1 atom stereocenters. The Kier molecular flexibility index (Phi) is 4.65. The number of methoxy groups -OCH3 is 2. The molecule has 1 heterocycles. The molecule has 3 rings (SSSR count). The molecule has 1 unspecified atom stereocenters. The molecule has 0 radical (unpaired) electrons. The lowest BCUT2D eigenvalue weighted by molar-refractivity contribution is 0.0530. The predicted octanol–water partition coefficient (Wildman–Crippen LogP) is 4.31. The number of hydrogen-bond acceptors (Lipinski definition) is 4. The molecule has 0 saturated heterocycles. The van der Waals surface area contributed by atoms with Crippen LogP contribution in [-0.4, -0.2) is 29.8 Å². The van der Waals surface area contributed by atoms with Crippen molar-refractivity contribution in [3.05, 3.63) is 53.1 Å². The second kappa shape index (κ2) is 6.60. The molecule has 4 heteroatoms. The fourth-order valence-electron chi connectivity index (χ4n) is 3.91. The topological polar surface area (TPSA) is 41.9 Å². The average molecular weight is 341 g/mol. The largest absolute Gasteiger partial charge is 0.504 e. The minimum Gasteiger partial charge on any atom is -0.504 e. The van der Waals surface area contributed by atoms with Crippen LogP contribution in [0.15, 0.2) is 36.4 Å². The minimum atomic E-state index is -0.0173. The van der Waals surface area contributed by atoms with Crippen molar-refractivity contribution in [2.45, 2.75) is 45.3 Å². The van der Waals surface area contributed by atoms with Gasteiger partial charge in [-0.15, -0.1) is 0 Å². The summed E-state index contributed by atoms with van der Waals surface area (Å²) in [6.07, 6.45) is 0.883. The van der Waals surface area contributed by atoms with Crippen molar-refractivity contribution in [2.24, 2.45) is 0 Å². The molecule has 1 N–H and O–H groups in total.